The summed E-state index contributed by atoms with van der Waals surface area (Å²) >= 11 is 1.12. The van der Waals surface area contributed by atoms with E-state index < -0.39 is 16.0 Å². The van der Waals surface area contributed by atoms with Crippen molar-refractivity contribution < 1.29 is 27.2 Å². The first-order valence-corrected chi connectivity index (χ1v) is 11.2. The molecule has 0 aliphatic heterocycles. The Morgan fingerprint density at radius 2 is 1.90 bits per heavy atom. The number of sulfonamides is 1. The number of nitrogens with zero attached hydrogens (tertiary/aromatic N) is 1. The standard InChI is InChI=1S/C20H20N2O6S2/c1-13-17(20(24)27-3)11-16(28-13)12-22(2)19(23)14-6-8-15(9-7-14)21-30(25,26)18-5-4-10-29-18/h4-11,21H,12H2,1-3H3. The molecule has 1 aromatic carbocycles. The predicted octanol–water partition coefficient (Wildman–Crippen LogP) is 3.51. The van der Waals surface area contributed by atoms with Crippen LogP contribution < -0.4 is 4.72 Å². The van der Waals surface area contributed by atoms with Crippen LogP contribution in [0, 0.1) is 6.92 Å². The Morgan fingerprint density at radius 3 is 2.50 bits per heavy atom. The van der Waals surface area contributed by atoms with Gasteiger partial charge in [-0.25, -0.2) is 13.2 Å². The minimum Gasteiger partial charge on any atom is -0.465 e. The lowest BCUT2D eigenvalue weighted by Crippen LogP contribution is -2.26. The molecule has 3 rings (SSSR count). The quantitative estimate of drug-likeness (QED) is 0.555. The van der Waals surface area contributed by atoms with Gasteiger partial charge in [-0.15, -0.1) is 11.3 Å². The molecule has 8 nitrogen and oxygen atoms in total. The normalized spacial score (nSPS) is 11.2. The highest BCUT2D eigenvalue weighted by Crippen LogP contribution is 2.21. The summed E-state index contributed by atoms with van der Waals surface area (Å²) in [5.74, 6) is 0.0811. The van der Waals surface area contributed by atoms with Gasteiger partial charge in [-0.2, -0.15) is 0 Å². The second kappa shape index (κ2) is 8.72. The molecule has 0 saturated carbocycles. The zero-order valence-electron chi connectivity index (χ0n) is 16.5. The van der Waals surface area contributed by atoms with Crippen LogP contribution in [0.25, 0.3) is 0 Å². The molecule has 0 radical (unpaired) electrons. The number of benzene rings is 1. The van der Waals surface area contributed by atoms with Gasteiger partial charge >= 0.3 is 5.97 Å². The number of amides is 1. The van der Waals surface area contributed by atoms with E-state index >= 15 is 0 Å². The molecule has 0 spiro atoms. The number of anilines is 1. The van der Waals surface area contributed by atoms with E-state index in [0.29, 0.717) is 28.3 Å². The summed E-state index contributed by atoms with van der Waals surface area (Å²) in [7, 11) is -0.760. The van der Waals surface area contributed by atoms with Gasteiger partial charge in [-0.3, -0.25) is 9.52 Å². The Bertz CT molecular complexity index is 1150. The molecular weight excluding hydrogens is 428 g/mol. The Balaban J connectivity index is 1.67. The van der Waals surface area contributed by atoms with Crippen LogP contribution in [0.15, 0.2) is 56.5 Å². The Kier molecular flexibility index (Phi) is 6.28. The molecule has 0 atom stereocenters. The van der Waals surface area contributed by atoms with Gasteiger partial charge in [0.15, 0.2) is 0 Å². The minimum atomic E-state index is -3.65. The van der Waals surface area contributed by atoms with Gasteiger partial charge in [0.05, 0.1) is 13.7 Å². The Hall–Kier alpha value is -3.11. The molecule has 3 aromatic rings. The van der Waals surface area contributed by atoms with Crippen molar-refractivity contribution in [3.05, 3.63) is 70.5 Å². The highest BCUT2D eigenvalue weighted by molar-refractivity contribution is 7.94. The van der Waals surface area contributed by atoms with E-state index in [9.17, 15) is 18.0 Å². The average molecular weight is 449 g/mol. The number of hydrogen-bond donors (Lipinski definition) is 1. The molecule has 10 heteroatoms. The molecule has 1 N–H and O–H groups in total. The second-order valence-electron chi connectivity index (χ2n) is 6.45. The largest absolute Gasteiger partial charge is 0.465 e. The Morgan fingerprint density at radius 1 is 1.20 bits per heavy atom. The number of thiophene rings is 1. The molecule has 1 amide bonds. The summed E-state index contributed by atoms with van der Waals surface area (Å²) in [6.07, 6.45) is 0. The predicted molar refractivity (Wildman–Crippen MR) is 112 cm³/mol. The van der Waals surface area contributed by atoms with E-state index in [1.54, 1.807) is 43.6 Å². The molecule has 0 saturated heterocycles. The fourth-order valence-corrected chi connectivity index (χ4v) is 4.81. The van der Waals surface area contributed by atoms with Crippen LogP contribution in [0.2, 0.25) is 0 Å². The molecule has 2 aromatic heterocycles. The second-order valence-corrected chi connectivity index (χ2v) is 9.31. The SMILES string of the molecule is COC(=O)c1cc(CN(C)C(=O)c2ccc(NS(=O)(=O)c3cccs3)cc2)oc1C. The zero-order valence-corrected chi connectivity index (χ0v) is 18.2. The Labute approximate surface area is 178 Å². The summed E-state index contributed by atoms with van der Waals surface area (Å²) in [4.78, 5) is 25.8. The molecule has 0 fully saturated rings. The van der Waals surface area contributed by atoms with Crippen molar-refractivity contribution in [3.8, 4) is 0 Å². The number of rotatable bonds is 7. The molecule has 0 aliphatic carbocycles. The summed E-state index contributed by atoms with van der Waals surface area (Å²) in [5, 5.41) is 1.68. The molecule has 0 unspecified atom stereocenters. The minimum absolute atomic E-state index is 0.156. The first-order valence-electron chi connectivity index (χ1n) is 8.80. The number of furan rings is 1. The molecular formula is C20H20N2O6S2. The first-order chi connectivity index (χ1) is 14.2. The van der Waals surface area contributed by atoms with Gasteiger partial charge in [-0.1, -0.05) is 6.07 Å². The molecule has 0 aliphatic rings. The van der Waals surface area contributed by atoms with Gasteiger partial charge < -0.3 is 14.1 Å². The van der Waals surface area contributed by atoms with Crippen molar-refractivity contribution >= 4 is 38.9 Å². The van der Waals surface area contributed by atoms with E-state index in [1.165, 1.54) is 30.2 Å². The number of methoxy groups -OCH3 is 1. The zero-order chi connectivity index (χ0) is 21.9. The van der Waals surface area contributed by atoms with Gasteiger partial charge in [-0.05, 0) is 48.7 Å². The van der Waals surface area contributed by atoms with Crippen molar-refractivity contribution in [3.63, 3.8) is 0 Å². The monoisotopic (exact) mass is 448 g/mol. The number of nitrogens with one attached hydrogen (secondary N) is 1. The molecule has 2 heterocycles. The van der Waals surface area contributed by atoms with E-state index in [1.807, 2.05) is 0 Å². The summed E-state index contributed by atoms with van der Waals surface area (Å²) in [6.45, 7) is 1.80. The highest BCUT2D eigenvalue weighted by atomic mass is 32.2. The number of carbonyl (C=O) groups is 2. The van der Waals surface area contributed by atoms with E-state index in [-0.39, 0.29) is 16.7 Å². The number of ether oxygens (including phenoxy) is 1. The maximum atomic E-state index is 12.7. The van der Waals surface area contributed by atoms with Gasteiger partial charge in [0.1, 0.15) is 21.3 Å². The van der Waals surface area contributed by atoms with Crippen molar-refractivity contribution in [2.24, 2.45) is 0 Å². The third kappa shape index (κ3) is 4.71. The van der Waals surface area contributed by atoms with Gasteiger partial charge in [0.25, 0.3) is 15.9 Å². The van der Waals surface area contributed by atoms with Crippen LogP contribution in [0.5, 0.6) is 0 Å². The van der Waals surface area contributed by atoms with Gasteiger partial charge in [0.2, 0.25) is 0 Å². The number of hydrogen-bond acceptors (Lipinski definition) is 7. The van der Waals surface area contributed by atoms with Crippen LogP contribution in [0.1, 0.15) is 32.2 Å². The van der Waals surface area contributed by atoms with E-state index in [2.05, 4.69) is 4.72 Å². The van der Waals surface area contributed by atoms with Crippen molar-refractivity contribution in [2.75, 3.05) is 18.9 Å². The lowest BCUT2D eigenvalue weighted by Gasteiger charge is -2.16. The molecule has 30 heavy (non-hydrogen) atoms. The fraction of sp³-hybridized carbons (Fsp3) is 0.200. The first kappa shape index (κ1) is 21.6. The van der Waals surface area contributed by atoms with Crippen molar-refractivity contribution in [1.82, 2.24) is 4.90 Å². The maximum absolute atomic E-state index is 12.7. The highest BCUT2D eigenvalue weighted by Gasteiger charge is 2.19. The lowest BCUT2D eigenvalue weighted by atomic mass is 10.2. The maximum Gasteiger partial charge on any atom is 0.341 e. The fourth-order valence-electron chi connectivity index (χ4n) is 2.76. The molecule has 158 valence electrons. The van der Waals surface area contributed by atoms with E-state index in [0.717, 1.165) is 11.3 Å². The average Bonchev–Trinajstić information content (AvgIpc) is 3.37. The third-order valence-electron chi connectivity index (χ3n) is 4.26. The van der Waals surface area contributed by atoms with Crippen LogP contribution >= 0.6 is 11.3 Å². The van der Waals surface area contributed by atoms with Crippen LogP contribution in [0.4, 0.5) is 5.69 Å². The summed E-state index contributed by atoms with van der Waals surface area (Å²) < 4.78 is 37.5. The number of carbonyl (C=O) groups excluding carboxylic acids is 2. The topological polar surface area (TPSA) is 106 Å². The van der Waals surface area contributed by atoms with Gasteiger partial charge in [0, 0.05) is 18.3 Å². The van der Waals surface area contributed by atoms with Crippen molar-refractivity contribution in [1.29, 1.82) is 0 Å². The van der Waals surface area contributed by atoms with Crippen LogP contribution in [0.3, 0.4) is 0 Å². The summed E-state index contributed by atoms with van der Waals surface area (Å²) in [5.41, 5.74) is 1.05. The third-order valence-corrected chi connectivity index (χ3v) is 7.04. The van der Waals surface area contributed by atoms with Crippen LogP contribution in [-0.4, -0.2) is 39.4 Å². The molecule has 0 bridgehead atoms. The number of esters is 1. The lowest BCUT2D eigenvalue weighted by molar-refractivity contribution is 0.0598. The summed E-state index contributed by atoms with van der Waals surface area (Å²) in [6, 6.07) is 10.9. The van der Waals surface area contributed by atoms with Crippen molar-refractivity contribution in [2.45, 2.75) is 17.7 Å². The van der Waals surface area contributed by atoms with E-state index in [4.69, 9.17) is 9.15 Å². The smallest absolute Gasteiger partial charge is 0.341 e. The number of aryl methyl sites for hydroxylation is 1. The van der Waals surface area contributed by atoms with Crippen LogP contribution in [-0.2, 0) is 21.3 Å².